The van der Waals surface area contributed by atoms with Gasteiger partial charge in [0.15, 0.2) is 0 Å². The Morgan fingerprint density at radius 3 is 2.15 bits per heavy atom. The molecule has 1 aromatic heterocycles. The normalized spacial score (nSPS) is 11.0. The highest BCUT2D eigenvalue weighted by molar-refractivity contribution is 7.18. The number of hydrogen-bond acceptors (Lipinski definition) is 4. The third-order valence-corrected chi connectivity index (χ3v) is 4.84. The molecule has 2 rings (SSSR count). The highest BCUT2D eigenvalue weighted by Gasteiger charge is 2.23. The van der Waals surface area contributed by atoms with Gasteiger partial charge in [-0.3, -0.25) is 25.2 Å². The third kappa shape index (κ3) is 5.06. The van der Waals surface area contributed by atoms with E-state index in [9.17, 15) is 14.4 Å². The molecule has 0 aliphatic carbocycles. The number of amides is 3. The molecule has 8 heteroatoms. The SMILES string of the molecule is Cc1cc(NC(=O)C(C)(C)C)sc1C(=O)NNC(=O)c1ccc(Cl)cc1. The number of thiophene rings is 1. The molecule has 0 unspecified atom stereocenters. The smallest absolute Gasteiger partial charge is 0.280 e. The van der Waals surface area contributed by atoms with E-state index < -0.39 is 17.2 Å². The Morgan fingerprint density at radius 1 is 1.00 bits per heavy atom. The minimum Gasteiger partial charge on any atom is -0.317 e. The Balaban J connectivity index is 2.00. The van der Waals surface area contributed by atoms with Crippen LogP contribution >= 0.6 is 22.9 Å². The van der Waals surface area contributed by atoms with Crippen molar-refractivity contribution in [3.63, 3.8) is 0 Å². The molecule has 0 aliphatic rings. The van der Waals surface area contributed by atoms with Crippen LogP contribution in [0.25, 0.3) is 0 Å². The van der Waals surface area contributed by atoms with Crippen molar-refractivity contribution in [1.29, 1.82) is 0 Å². The molecular formula is C18H20ClN3O3S. The molecular weight excluding hydrogens is 374 g/mol. The Bertz CT molecular complexity index is 838. The van der Waals surface area contributed by atoms with Crippen molar-refractivity contribution in [3.05, 3.63) is 51.4 Å². The van der Waals surface area contributed by atoms with Crippen LogP contribution in [-0.2, 0) is 4.79 Å². The number of hydrogen-bond donors (Lipinski definition) is 3. The summed E-state index contributed by atoms with van der Waals surface area (Å²) >= 11 is 6.93. The number of carbonyl (C=O) groups excluding carboxylic acids is 3. The van der Waals surface area contributed by atoms with Crippen LogP contribution in [0.4, 0.5) is 5.00 Å². The first-order chi connectivity index (χ1) is 12.1. The molecule has 0 bridgehead atoms. The van der Waals surface area contributed by atoms with Crippen LogP contribution in [0.2, 0.25) is 5.02 Å². The van der Waals surface area contributed by atoms with E-state index in [-0.39, 0.29) is 5.91 Å². The fourth-order valence-corrected chi connectivity index (χ4v) is 3.00. The Hall–Kier alpha value is -2.38. The Kier molecular flexibility index (Phi) is 6.05. The number of hydrazine groups is 1. The topological polar surface area (TPSA) is 87.3 Å². The summed E-state index contributed by atoms with van der Waals surface area (Å²) in [6.45, 7) is 7.19. The zero-order valence-corrected chi connectivity index (χ0v) is 16.5. The van der Waals surface area contributed by atoms with Crippen molar-refractivity contribution in [2.45, 2.75) is 27.7 Å². The van der Waals surface area contributed by atoms with Crippen molar-refractivity contribution in [2.75, 3.05) is 5.32 Å². The lowest BCUT2D eigenvalue weighted by Crippen LogP contribution is -2.41. The molecule has 0 saturated heterocycles. The van der Waals surface area contributed by atoms with Gasteiger partial charge < -0.3 is 5.32 Å². The minimum absolute atomic E-state index is 0.137. The lowest BCUT2D eigenvalue weighted by atomic mass is 9.96. The molecule has 3 N–H and O–H groups in total. The summed E-state index contributed by atoms with van der Waals surface area (Å²) in [7, 11) is 0. The average Bonchev–Trinajstić information content (AvgIpc) is 2.92. The predicted molar refractivity (Wildman–Crippen MR) is 104 cm³/mol. The number of halogens is 1. The highest BCUT2D eigenvalue weighted by Crippen LogP contribution is 2.28. The van der Waals surface area contributed by atoms with E-state index >= 15 is 0 Å². The number of aryl methyl sites for hydroxylation is 1. The molecule has 26 heavy (non-hydrogen) atoms. The van der Waals surface area contributed by atoms with E-state index in [1.807, 2.05) is 20.8 Å². The Morgan fingerprint density at radius 2 is 1.58 bits per heavy atom. The molecule has 0 aliphatic heterocycles. The standard InChI is InChI=1S/C18H20ClN3O3S/c1-10-9-13(20-17(25)18(2,3)4)26-14(10)16(24)22-21-15(23)11-5-7-12(19)8-6-11/h5-9H,1-4H3,(H,20,25)(H,21,23)(H,22,24). The van der Waals surface area contributed by atoms with Crippen molar-refractivity contribution >= 4 is 45.7 Å². The zero-order chi connectivity index (χ0) is 19.5. The lowest BCUT2D eigenvalue weighted by Gasteiger charge is -2.16. The molecule has 1 heterocycles. The maximum absolute atomic E-state index is 12.3. The van der Waals surface area contributed by atoms with Gasteiger partial charge in [0.05, 0.1) is 9.88 Å². The van der Waals surface area contributed by atoms with Crippen LogP contribution in [0.1, 0.15) is 46.4 Å². The zero-order valence-electron chi connectivity index (χ0n) is 14.9. The van der Waals surface area contributed by atoms with Crippen LogP contribution in [0.15, 0.2) is 30.3 Å². The first-order valence-corrected chi connectivity index (χ1v) is 9.05. The quantitative estimate of drug-likeness (QED) is 0.693. The number of anilines is 1. The highest BCUT2D eigenvalue weighted by atomic mass is 35.5. The first kappa shape index (κ1) is 19.9. The number of nitrogens with one attached hydrogen (secondary N) is 3. The summed E-state index contributed by atoms with van der Waals surface area (Å²) in [6, 6.07) is 8.02. The summed E-state index contributed by atoms with van der Waals surface area (Å²) < 4.78 is 0. The van der Waals surface area contributed by atoms with Gasteiger partial charge in [0, 0.05) is 16.0 Å². The molecule has 0 saturated carbocycles. The van der Waals surface area contributed by atoms with Crippen molar-refractivity contribution in [1.82, 2.24) is 10.9 Å². The average molecular weight is 394 g/mol. The molecule has 2 aromatic rings. The van der Waals surface area contributed by atoms with Gasteiger partial charge in [-0.1, -0.05) is 32.4 Å². The molecule has 1 aromatic carbocycles. The minimum atomic E-state index is -0.535. The summed E-state index contributed by atoms with van der Waals surface area (Å²) in [5.74, 6) is -1.04. The molecule has 6 nitrogen and oxygen atoms in total. The number of rotatable bonds is 3. The summed E-state index contributed by atoms with van der Waals surface area (Å²) in [5.41, 5.74) is 5.27. The van der Waals surface area contributed by atoms with Gasteiger partial charge in [0.2, 0.25) is 5.91 Å². The molecule has 3 amide bonds. The van der Waals surface area contributed by atoms with Crippen LogP contribution in [-0.4, -0.2) is 17.7 Å². The van der Waals surface area contributed by atoms with Crippen molar-refractivity contribution < 1.29 is 14.4 Å². The summed E-state index contributed by atoms with van der Waals surface area (Å²) in [6.07, 6.45) is 0. The fourth-order valence-electron chi connectivity index (χ4n) is 1.91. The van der Waals surface area contributed by atoms with Gasteiger partial charge in [-0.2, -0.15) is 0 Å². The number of carbonyl (C=O) groups is 3. The lowest BCUT2D eigenvalue weighted by molar-refractivity contribution is -0.123. The van der Waals surface area contributed by atoms with E-state index in [1.54, 1.807) is 37.3 Å². The van der Waals surface area contributed by atoms with Crippen molar-refractivity contribution in [2.24, 2.45) is 5.41 Å². The van der Waals surface area contributed by atoms with E-state index in [1.165, 1.54) is 0 Å². The summed E-state index contributed by atoms with van der Waals surface area (Å²) in [4.78, 5) is 36.8. The maximum atomic E-state index is 12.3. The van der Waals surface area contributed by atoms with Gasteiger partial charge in [0.1, 0.15) is 0 Å². The summed E-state index contributed by atoms with van der Waals surface area (Å²) in [5, 5.41) is 3.89. The van der Waals surface area contributed by atoms with Gasteiger partial charge in [-0.05, 0) is 42.8 Å². The second-order valence-corrected chi connectivity index (χ2v) is 8.23. The molecule has 0 fully saturated rings. The predicted octanol–water partition coefficient (Wildman–Crippen LogP) is 3.77. The molecule has 0 radical (unpaired) electrons. The van der Waals surface area contributed by atoms with Crippen LogP contribution < -0.4 is 16.2 Å². The molecule has 0 atom stereocenters. The van der Waals surface area contributed by atoms with Gasteiger partial charge in [0.25, 0.3) is 11.8 Å². The molecule has 0 spiro atoms. The first-order valence-electron chi connectivity index (χ1n) is 7.86. The van der Waals surface area contributed by atoms with Gasteiger partial charge in [-0.15, -0.1) is 11.3 Å². The van der Waals surface area contributed by atoms with Crippen LogP contribution in [0.5, 0.6) is 0 Å². The van der Waals surface area contributed by atoms with Gasteiger partial charge in [-0.25, -0.2) is 0 Å². The largest absolute Gasteiger partial charge is 0.317 e. The van der Waals surface area contributed by atoms with Crippen LogP contribution in [0, 0.1) is 12.3 Å². The second-order valence-electron chi connectivity index (χ2n) is 6.74. The second kappa shape index (κ2) is 7.88. The van der Waals surface area contributed by atoms with E-state index in [0.29, 0.717) is 26.0 Å². The maximum Gasteiger partial charge on any atom is 0.280 e. The molecule has 138 valence electrons. The fraction of sp³-hybridized carbons (Fsp3) is 0.278. The van der Waals surface area contributed by atoms with E-state index in [2.05, 4.69) is 16.2 Å². The van der Waals surface area contributed by atoms with Crippen molar-refractivity contribution in [3.8, 4) is 0 Å². The number of benzene rings is 1. The third-order valence-electron chi connectivity index (χ3n) is 3.44. The Labute approximate surface area is 160 Å². The van der Waals surface area contributed by atoms with Crippen LogP contribution in [0.3, 0.4) is 0 Å². The van der Waals surface area contributed by atoms with Gasteiger partial charge >= 0.3 is 0 Å². The van der Waals surface area contributed by atoms with E-state index in [0.717, 1.165) is 11.3 Å². The van der Waals surface area contributed by atoms with E-state index in [4.69, 9.17) is 11.6 Å². The monoisotopic (exact) mass is 393 g/mol.